The average Bonchev–Trinajstić information content (AvgIpc) is 2.18. The lowest BCUT2D eigenvalue weighted by Crippen LogP contribution is -2.10. The van der Waals surface area contributed by atoms with Crippen molar-refractivity contribution in [2.75, 3.05) is 12.4 Å². The third kappa shape index (κ3) is 3.47. The first kappa shape index (κ1) is 10.6. The molecular formula is C11H16N2O. The first-order valence-corrected chi connectivity index (χ1v) is 4.77. The highest BCUT2D eigenvalue weighted by molar-refractivity contribution is 5.73. The summed E-state index contributed by atoms with van der Waals surface area (Å²) in [6.45, 7) is 0. The fourth-order valence-electron chi connectivity index (χ4n) is 1.30. The number of nitrogens with one attached hydrogen (secondary N) is 1. The first-order chi connectivity index (χ1) is 6.72. The van der Waals surface area contributed by atoms with Gasteiger partial charge in [-0.2, -0.15) is 0 Å². The van der Waals surface area contributed by atoms with Crippen LogP contribution in [0.15, 0.2) is 24.3 Å². The lowest BCUT2D eigenvalue weighted by atomic mass is 10.1. The molecule has 14 heavy (non-hydrogen) atoms. The van der Waals surface area contributed by atoms with Gasteiger partial charge in [-0.15, -0.1) is 0 Å². The van der Waals surface area contributed by atoms with E-state index in [1.165, 1.54) is 5.56 Å². The maximum absolute atomic E-state index is 10.5. The van der Waals surface area contributed by atoms with Gasteiger partial charge < -0.3 is 11.1 Å². The van der Waals surface area contributed by atoms with Crippen LogP contribution in [0.25, 0.3) is 0 Å². The zero-order valence-corrected chi connectivity index (χ0v) is 8.42. The molecule has 3 N–H and O–H groups in total. The van der Waals surface area contributed by atoms with Crippen LogP contribution in [0.4, 0.5) is 5.69 Å². The number of carbonyl (C=O) groups is 1. The number of hydrogen-bond donors (Lipinski definition) is 2. The summed E-state index contributed by atoms with van der Waals surface area (Å²) < 4.78 is 0. The van der Waals surface area contributed by atoms with Gasteiger partial charge in [0.1, 0.15) is 0 Å². The summed E-state index contributed by atoms with van der Waals surface area (Å²) in [5.41, 5.74) is 7.39. The molecule has 0 bridgehead atoms. The van der Waals surface area contributed by atoms with Crippen molar-refractivity contribution in [1.82, 2.24) is 0 Å². The molecule has 0 radical (unpaired) electrons. The normalized spacial score (nSPS) is 9.79. The van der Waals surface area contributed by atoms with Gasteiger partial charge in [0.05, 0.1) is 0 Å². The number of rotatable bonds is 5. The Labute approximate surface area is 84.3 Å². The summed E-state index contributed by atoms with van der Waals surface area (Å²) in [5.74, 6) is -0.225. The average molecular weight is 192 g/mol. The molecule has 0 fully saturated rings. The Morgan fingerprint density at radius 1 is 1.36 bits per heavy atom. The van der Waals surface area contributed by atoms with Gasteiger partial charge in [-0.25, -0.2) is 0 Å². The van der Waals surface area contributed by atoms with Crippen LogP contribution in [-0.2, 0) is 11.2 Å². The molecule has 0 heterocycles. The van der Waals surface area contributed by atoms with Crippen LogP contribution in [0.5, 0.6) is 0 Å². The van der Waals surface area contributed by atoms with Gasteiger partial charge in [0.15, 0.2) is 0 Å². The number of anilines is 1. The van der Waals surface area contributed by atoms with Gasteiger partial charge in [-0.05, 0) is 30.5 Å². The van der Waals surface area contributed by atoms with E-state index in [2.05, 4.69) is 17.4 Å². The summed E-state index contributed by atoms with van der Waals surface area (Å²) >= 11 is 0. The molecule has 0 aliphatic heterocycles. The molecule has 76 valence electrons. The van der Waals surface area contributed by atoms with E-state index >= 15 is 0 Å². The van der Waals surface area contributed by atoms with Crippen molar-refractivity contribution in [3.05, 3.63) is 29.8 Å². The minimum absolute atomic E-state index is 0.225. The minimum Gasteiger partial charge on any atom is -0.388 e. The van der Waals surface area contributed by atoms with E-state index in [1.54, 1.807) is 0 Å². The van der Waals surface area contributed by atoms with Crippen LogP contribution >= 0.6 is 0 Å². The Morgan fingerprint density at radius 2 is 2.00 bits per heavy atom. The quantitative estimate of drug-likeness (QED) is 0.743. The molecule has 0 spiro atoms. The Balaban J connectivity index is 2.40. The Kier molecular flexibility index (Phi) is 3.98. The monoisotopic (exact) mass is 192 g/mol. The highest BCUT2D eigenvalue weighted by Gasteiger charge is 1.96. The van der Waals surface area contributed by atoms with Gasteiger partial charge in [0.2, 0.25) is 5.91 Å². The zero-order valence-electron chi connectivity index (χ0n) is 8.42. The second-order valence-electron chi connectivity index (χ2n) is 3.27. The summed E-state index contributed by atoms with van der Waals surface area (Å²) in [7, 11) is 1.89. The number of carbonyl (C=O) groups excluding carboxylic acids is 1. The first-order valence-electron chi connectivity index (χ1n) is 4.77. The van der Waals surface area contributed by atoms with Crippen molar-refractivity contribution in [2.45, 2.75) is 19.3 Å². The number of amides is 1. The number of nitrogens with two attached hydrogens (primary N) is 1. The molecule has 0 atom stereocenters. The third-order valence-electron chi connectivity index (χ3n) is 2.13. The summed E-state index contributed by atoms with van der Waals surface area (Å²) in [6.07, 6.45) is 2.20. The van der Waals surface area contributed by atoms with Crippen molar-refractivity contribution in [2.24, 2.45) is 5.73 Å². The van der Waals surface area contributed by atoms with Crippen LogP contribution in [0.2, 0.25) is 0 Å². The van der Waals surface area contributed by atoms with Crippen LogP contribution in [0.1, 0.15) is 18.4 Å². The molecule has 3 heteroatoms. The predicted octanol–water partition coefficient (Wildman–Crippen LogP) is 1.54. The standard InChI is InChI=1S/C11H16N2O/c1-13-10-7-5-9(6-8-10)3-2-4-11(12)14/h5-8,13H,2-4H2,1H3,(H2,12,14). The molecule has 0 saturated carbocycles. The van der Waals surface area contributed by atoms with Crippen LogP contribution in [0, 0.1) is 0 Å². The van der Waals surface area contributed by atoms with E-state index in [0.717, 1.165) is 18.5 Å². The lowest BCUT2D eigenvalue weighted by Gasteiger charge is -2.02. The summed E-state index contributed by atoms with van der Waals surface area (Å²) in [5, 5.41) is 3.05. The topological polar surface area (TPSA) is 55.1 Å². The predicted molar refractivity (Wildman–Crippen MR) is 58.1 cm³/mol. The van der Waals surface area contributed by atoms with E-state index in [0.29, 0.717) is 6.42 Å². The van der Waals surface area contributed by atoms with Gasteiger partial charge >= 0.3 is 0 Å². The van der Waals surface area contributed by atoms with Crippen molar-refractivity contribution in [3.8, 4) is 0 Å². The third-order valence-corrected chi connectivity index (χ3v) is 2.13. The fourth-order valence-corrected chi connectivity index (χ4v) is 1.30. The number of hydrogen-bond acceptors (Lipinski definition) is 2. The molecule has 1 aromatic rings. The number of benzene rings is 1. The summed E-state index contributed by atoms with van der Waals surface area (Å²) in [4.78, 5) is 10.5. The largest absolute Gasteiger partial charge is 0.388 e. The van der Waals surface area contributed by atoms with Crippen molar-refractivity contribution in [1.29, 1.82) is 0 Å². The van der Waals surface area contributed by atoms with Crippen molar-refractivity contribution < 1.29 is 4.79 Å². The Morgan fingerprint density at radius 3 is 2.50 bits per heavy atom. The summed E-state index contributed by atoms with van der Waals surface area (Å²) in [6, 6.07) is 8.18. The van der Waals surface area contributed by atoms with Crippen LogP contribution < -0.4 is 11.1 Å². The molecule has 0 aliphatic carbocycles. The number of primary amides is 1. The van der Waals surface area contributed by atoms with Crippen LogP contribution in [0.3, 0.4) is 0 Å². The molecule has 1 rings (SSSR count). The lowest BCUT2D eigenvalue weighted by molar-refractivity contribution is -0.118. The highest BCUT2D eigenvalue weighted by Crippen LogP contribution is 2.10. The second kappa shape index (κ2) is 5.27. The van der Waals surface area contributed by atoms with E-state index < -0.39 is 0 Å². The Hall–Kier alpha value is -1.51. The fraction of sp³-hybridized carbons (Fsp3) is 0.364. The number of aryl methyl sites for hydroxylation is 1. The molecular weight excluding hydrogens is 176 g/mol. The molecule has 0 saturated heterocycles. The molecule has 3 nitrogen and oxygen atoms in total. The van der Waals surface area contributed by atoms with Gasteiger partial charge in [0, 0.05) is 19.2 Å². The minimum atomic E-state index is -0.225. The molecule has 0 aliphatic rings. The molecule has 1 aromatic carbocycles. The van der Waals surface area contributed by atoms with E-state index in [-0.39, 0.29) is 5.91 Å². The van der Waals surface area contributed by atoms with Gasteiger partial charge in [0.25, 0.3) is 0 Å². The van der Waals surface area contributed by atoms with E-state index in [9.17, 15) is 4.79 Å². The van der Waals surface area contributed by atoms with Gasteiger partial charge in [-0.3, -0.25) is 4.79 Å². The SMILES string of the molecule is CNc1ccc(CCCC(N)=O)cc1. The second-order valence-corrected chi connectivity index (χ2v) is 3.27. The van der Waals surface area contributed by atoms with Crippen LogP contribution in [-0.4, -0.2) is 13.0 Å². The molecule has 0 aromatic heterocycles. The van der Waals surface area contributed by atoms with Gasteiger partial charge in [-0.1, -0.05) is 12.1 Å². The smallest absolute Gasteiger partial charge is 0.217 e. The van der Waals surface area contributed by atoms with Crippen molar-refractivity contribution >= 4 is 11.6 Å². The van der Waals surface area contributed by atoms with E-state index in [1.807, 2.05) is 19.2 Å². The maximum Gasteiger partial charge on any atom is 0.217 e. The Bertz CT molecular complexity index is 293. The molecule has 1 amide bonds. The maximum atomic E-state index is 10.5. The zero-order chi connectivity index (χ0) is 10.4. The van der Waals surface area contributed by atoms with E-state index in [4.69, 9.17) is 5.73 Å². The molecule has 0 unspecified atom stereocenters. The highest BCUT2D eigenvalue weighted by atomic mass is 16.1. The van der Waals surface area contributed by atoms with Crippen molar-refractivity contribution in [3.63, 3.8) is 0 Å².